The Morgan fingerprint density at radius 1 is 1.33 bits per heavy atom. The summed E-state index contributed by atoms with van der Waals surface area (Å²) in [5.74, 6) is 0. The fraction of sp³-hybridized carbons (Fsp3) is 0.938. The minimum atomic E-state index is -0.438. The third kappa shape index (κ3) is 4.10. The lowest BCUT2D eigenvalue weighted by molar-refractivity contribution is -0.0386. The monoisotopic (exact) mass is 298 g/mol. The van der Waals surface area contributed by atoms with Crippen molar-refractivity contribution in [3.63, 3.8) is 0 Å². The van der Waals surface area contributed by atoms with E-state index >= 15 is 0 Å². The van der Waals surface area contributed by atoms with Crippen LogP contribution in [0.25, 0.3) is 0 Å². The summed E-state index contributed by atoms with van der Waals surface area (Å²) < 4.78 is 5.40. The molecule has 1 saturated heterocycles. The standard InChI is InChI=1S/C16H30N2O3/c1-5-9-18(13-7-6-8-14(13)19)12-10-17(11-12)15(20)21-16(2,3)4/h12-14,19H,5-11H2,1-4H3/t13-,14-/m1/s1. The molecule has 0 unspecified atom stereocenters. The topological polar surface area (TPSA) is 53.0 Å². The van der Waals surface area contributed by atoms with E-state index in [1.165, 1.54) is 0 Å². The molecule has 0 aromatic rings. The molecule has 122 valence electrons. The fourth-order valence-corrected chi connectivity index (χ4v) is 3.33. The van der Waals surface area contributed by atoms with Gasteiger partial charge in [0.2, 0.25) is 0 Å². The molecule has 1 N–H and O–H groups in total. The van der Waals surface area contributed by atoms with E-state index in [9.17, 15) is 9.90 Å². The summed E-state index contributed by atoms with van der Waals surface area (Å²) in [7, 11) is 0. The highest BCUT2D eigenvalue weighted by atomic mass is 16.6. The Morgan fingerprint density at radius 2 is 2.00 bits per heavy atom. The lowest BCUT2D eigenvalue weighted by Crippen LogP contribution is -2.64. The predicted octanol–water partition coefficient (Wildman–Crippen LogP) is 2.23. The maximum Gasteiger partial charge on any atom is 0.410 e. The highest BCUT2D eigenvalue weighted by Crippen LogP contribution is 2.29. The quantitative estimate of drug-likeness (QED) is 0.865. The van der Waals surface area contributed by atoms with Crippen LogP contribution in [0.3, 0.4) is 0 Å². The Balaban J connectivity index is 1.87. The molecule has 1 aliphatic heterocycles. The Bertz CT molecular complexity index is 361. The Morgan fingerprint density at radius 3 is 2.48 bits per heavy atom. The molecule has 5 heteroatoms. The van der Waals surface area contributed by atoms with Crippen molar-refractivity contribution < 1.29 is 14.6 Å². The number of aliphatic hydroxyl groups is 1. The van der Waals surface area contributed by atoms with E-state index in [2.05, 4.69) is 11.8 Å². The maximum atomic E-state index is 12.0. The van der Waals surface area contributed by atoms with Crippen LogP contribution in [-0.4, -0.2) is 64.4 Å². The van der Waals surface area contributed by atoms with Crippen LogP contribution >= 0.6 is 0 Å². The van der Waals surface area contributed by atoms with Crippen molar-refractivity contribution in [2.45, 2.75) is 77.2 Å². The summed E-state index contributed by atoms with van der Waals surface area (Å²) in [4.78, 5) is 16.2. The lowest BCUT2D eigenvalue weighted by atomic mass is 10.0. The number of hydrogen-bond donors (Lipinski definition) is 1. The average molecular weight is 298 g/mol. The van der Waals surface area contributed by atoms with Crippen molar-refractivity contribution in [2.24, 2.45) is 0 Å². The van der Waals surface area contributed by atoms with E-state index in [1.54, 1.807) is 4.90 Å². The number of amides is 1. The van der Waals surface area contributed by atoms with Crippen LogP contribution < -0.4 is 0 Å². The van der Waals surface area contributed by atoms with Crippen LogP contribution in [0.15, 0.2) is 0 Å². The van der Waals surface area contributed by atoms with Gasteiger partial charge in [-0.25, -0.2) is 4.79 Å². The van der Waals surface area contributed by atoms with E-state index in [1.807, 2.05) is 20.8 Å². The summed E-state index contributed by atoms with van der Waals surface area (Å²) in [5.41, 5.74) is -0.438. The molecule has 2 fully saturated rings. The molecule has 0 bridgehead atoms. The molecule has 5 nitrogen and oxygen atoms in total. The Hall–Kier alpha value is -0.810. The highest BCUT2D eigenvalue weighted by Gasteiger charge is 2.41. The van der Waals surface area contributed by atoms with Gasteiger partial charge in [0.1, 0.15) is 5.60 Å². The SMILES string of the molecule is CCCN(C1CN(C(=O)OC(C)(C)C)C1)[C@@H]1CCC[C@H]1O. The first-order chi connectivity index (χ1) is 9.81. The predicted molar refractivity (Wildman–Crippen MR) is 82.2 cm³/mol. The summed E-state index contributed by atoms with van der Waals surface area (Å²) >= 11 is 0. The number of carbonyl (C=O) groups is 1. The molecule has 0 aromatic heterocycles. The summed E-state index contributed by atoms with van der Waals surface area (Å²) in [6.45, 7) is 10.3. The van der Waals surface area contributed by atoms with Crippen molar-refractivity contribution in [3.05, 3.63) is 0 Å². The Kier molecular flexibility index (Phi) is 5.15. The van der Waals surface area contributed by atoms with Gasteiger partial charge in [-0.15, -0.1) is 0 Å². The van der Waals surface area contributed by atoms with Gasteiger partial charge in [0, 0.05) is 25.2 Å². The summed E-state index contributed by atoms with van der Waals surface area (Å²) in [6.07, 6.45) is 3.74. The zero-order chi connectivity index (χ0) is 15.6. The zero-order valence-corrected chi connectivity index (χ0v) is 13.8. The molecule has 2 rings (SSSR count). The molecular weight excluding hydrogens is 268 g/mol. The van der Waals surface area contributed by atoms with E-state index < -0.39 is 5.60 Å². The fourth-order valence-electron chi connectivity index (χ4n) is 3.33. The van der Waals surface area contributed by atoms with E-state index in [-0.39, 0.29) is 18.2 Å². The van der Waals surface area contributed by atoms with Crippen molar-refractivity contribution in [2.75, 3.05) is 19.6 Å². The van der Waals surface area contributed by atoms with Crippen LogP contribution in [0.5, 0.6) is 0 Å². The lowest BCUT2D eigenvalue weighted by Gasteiger charge is -2.48. The highest BCUT2D eigenvalue weighted by molar-refractivity contribution is 5.69. The molecule has 0 aromatic carbocycles. The first kappa shape index (κ1) is 16.6. The first-order valence-electron chi connectivity index (χ1n) is 8.23. The van der Waals surface area contributed by atoms with Crippen LogP contribution in [0.1, 0.15) is 53.4 Å². The van der Waals surface area contributed by atoms with Gasteiger partial charge in [-0.3, -0.25) is 4.90 Å². The maximum absolute atomic E-state index is 12.0. The van der Waals surface area contributed by atoms with Gasteiger partial charge in [-0.05, 0) is 53.0 Å². The van der Waals surface area contributed by atoms with Crippen molar-refractivity contribution >= 4 is 6.09 Å². The minimum absolute atomic E-state index is 0.202. The molecule has 1 saturated carbocycles. The molecule has 1 amide bonds. The smallest absolute Gasteiger partial charge is 0.410 e. The van der Waals surface area contributed by atoms with Crippen LogP contribution in [0.2, 0.25) is 0 Å². The number of likely N-dealkylation sites (tertiary alicyclic amines) is 1. The minimum Gasteiger partial charge on any atom is -0.444 e. The van der Waals surface area contributed by atoms with Gasteiger partial charge >= 0.3 is 6.09 Å². The van der Waals surface area contributed by atoms with Crippen LogP contribution in [0, 0.1) is 0 Å². The number of ether oxygens (including phenoxy) is 1. The average Bonchev–Trinajstić information content (AvgIpc) is 2.69. The van der Waals surface area contributed by atoms with E-state index in [0.717, 1.165) is 45.3 Å². The third-order valence-electron chi connectivity index (χ3n) is 4.33. The molecule has 1 heterocycles. The molecule has 0 spiro atoms. The molecule has 2 atom stereocenters. The van der Waals surface area contributed by atoms with E-state index in [0.29, 0.717) is 6.04 Å². The van der Waals surface area contributed by atoms with E-state index in [4.69, 9.17) is 4.74 Å². The summed E-state index contributed by atoms with van der Waals surface area (Å²) in [6, 6.07) is 0.644. The molecular formula is C16H30N2O3. The largest absolute Gasteiger partial charge is 0.444 e. The van der Waals surface area contributed by atoms with Gasteiger partial charge in [-0.2, -0.15) is 0 Å². The number of carbonyl (C=O) groups excluding carboxylic acids is 1. The first-order valence-corrected chi connectivity index (χ1v) is 8.23. The number of aliphatic hydroxyl groups excluding tert-OH is 1. The van der Waals surface area contributed by atoms with Gasteiger partial charge < -0.3 is 14.7 Å². The van der Waals surface area contributed by atoms with Crippen LogP contribution in [0.4, 0.5) is 4.79 Å². The number of nitrogens with zero attached hydrogens (tertiary/aromatic N) is 2. The van der Waals surface area contributed by atoms with Gasteiger partial charge in [0.25, 0.3) is 0 Å². The second-order valence-corrected chi connectivity index (χ2v) is 7.34. The Labute approximate surface area is 128 Å². The van der Waals surface area contributed by atoms with Crippen molar-refractivity contribution in [1.29, 1.82) is 0 Å². The normalized spacial score (nSPS) is 27.0. The number of rotatable bonds is 4. The van der Waals surface area contributed by atoms with Gasteiger partial charge in [-0.1, -0.05) is 6.92 Å². The zero-order valence-electron chi connectivity index (χ0n) is 13.8. The molecule has 21 heavy (non-hydrogen) atoms. The van der Waals surface area contributed by atoms with Gasteiger partial charge in [0.05, 0.1) is 6.10 Å². The van der Waals surface area contributed by atoms with Crippen molar-refractivity contribution in [1.82, 2.24) is 9.80 Å². The third-order valence-corrected chi connectivity index (χ3v) is 4.33. The number of hydrogen-bond acceptors (Lipinski definition) is 4. The molecule has 2 aliphatic rings. The second-order valence-electron chi connectivity index (χ2n) is 7.34. The molecule has 0 radical (unpaired) electrons. The molecule has 1 aliphatic carbocycles. The van der Waals surface area contributed by atoms with Gasteiger partial charge in [0.15, 0.2) is 0 Å². The van der Waals surface area contributed by atoms with Crippen LogP contribution in [-0.2, 0) is 4.74 Å². The van der Waals surface area contributed by atoms with Crippen molar-refractivity contribution in [3.8, 4) is 0 Å². The second kappa shape index (κ2) is 6.53. The summed E-state index contributed by atoms with van der Waals surface area (Å²) in [5, 5.41) is 10.1.